The molecular formula is C28H35N3O4S2. The highest BCUT2D eigenvalue weighted by Crippen LogP contribution is 2.62. The molecule has 2 spiro atoms. The van der Waals surface area contributed by atoms with Crippen molar-refractivity contribution in [2.75, 3.05) is 22.4 Å². The Balaban J connectivity index is 1.35. The largest absolute Gasteiger partial charge is 0.307 e. The van der Waals surface area contributed by atoms with E-state index >= 15 is 0 Å². The van der Waals surface area contributed by atoms with E-state index in [-0.39, 0.29) is 16.6 Å². The zero-order valence-electron chi connectivity index (χ0n) is 21.3. The molecule has 1 aliphatic heterocycles. The van der Waals surface area contributed by atoms with Crippen molar-refractivity contribution in [3.05, 3.63) is 53.6 Å². The SMILES string of the molecule is CS(=O)(=O)Nc1ccc2c(c1)C1(CCC3(CC3)CC1)CN2C(=O)c1cccc([S@](=N)(=O)C2CCCC2)c1. The molecule has 0 saturated heterocycles. The van der Waals surface area contributed by atoms with Gasteiger partial charge in [0.05, 0.1) is 16.0 Å². The minimum absolute atomic E-state index is 0.147. The van der Waals surface area contributed by atoms with Gasteiger partial charge in [0.25, 0.3) is 5.91 Å². The van der Waals surface area contributed by atoms with E-state index in [0.717, 1.165) is 68.9 Å². The van der Waals surface area contributed by atoms with Crippen LogP contribution in [0.15, 0.2) is 47.4 Å². The van der Waals surface area contributed by atoms with Crippen molar-refractivity contribution in [1.29, 1.82) is 4.78 Å². The van der Waals surface area contributed by atoms with Crippen molar-refractivity contribution in [2.24, 2.45) is 5.41 Å². The minimum atomic E-state index is -3.42. The van der Waals surface area contributed by atoms with Crippen molar-refractivity contribution >= 4 is 37.0 Å². The number of carbonyl (C=O) groups is 1. The molecule has 4 aliphatic rings. The second-order valence-corrected chi connectivity index (χ2v) is 15.9. The maximum Gasteiger partial charge on any atom is 0.258 e. The summed E-state index contributed by atoms with van der Waals surface area (Å²) >= 11 is 0. The van der Waals surface area contributed by atoms with Gasteiger partial charge in [-0.1, -0.05) is 18.9 Å². The van der Waals surface area contributed by atoms with Gasteiger partial charge in [-0.05, 0) is 98.7 Å². The average Bonchev–Trinajstić information content (AvgIpc) is 3.27. The summed E-state index contributed by atoms with van der Waals surface area (Å²) in [6, 6.07) is 12.4. The van der Waals surface area contributed by atoms with E-state index in [1.54, 1.807) is 30.3 Å². The zero-order valence-corrected chi connectivity index (χ0v) is 22.9. The molecule has 198 valence electrons. The number of sulfonamides is 1. The van der Waals surface area contributed by atoms with Crippen LogP contribution in [0.5, 0.6) is 0 Å². The van der Waals surface area contributed by atoms with E-state index in [0.29, 0.717) is 28.1 Å². The smallest absolute Gasteiger partial charge is 0.258 e. The summed E-state index contributed by atoms with van der Waals surface area (Å²) in [6.45, 7) is 0.558. The lowest BCUT2D eigenvalue weighted by molar-refractivity contribution is 0.0980. The van der Waals surface area contributed by atoms with Crippen LogP contribution in [0.2, 0.25) is 0 Å². The van der Waals surface area contributed by atoms with E-state index < -0.39 is 19.8 Å². The fraction of sp³-hybridized carbons (Fsp3) is 0.536. The molecule has 1 heterocycles. The van der Waals surface area contributed by atoms with E-state index in [1.807, 2.05) is 17.0 Å². The van der Waals surface area contributed by atoms with Crippen molar-refractivity contribution in [1.82, 2.24) is 0 Å². The molecule has 2 N–H and O–H groups in total. The molecule has 6 rings (SSSR count). The first-order valence-corrected chi connectivity index (χ1v) is 16.8. The summed E-state index contributed by atoms with van der Waals surface area (Å²) in [5.41, 5.74) is 3.12. The van der Waals surface area contributed by atoms with Gasteiger partial charge in [-0.3, -0.25) is 9.52 Å². The summed E-state index contributed by atoms with van der Waals surface area (Å²) in [5.74, 6) is -0.155. The summed E-state index contributed by atoms with van der Waals surface area (Å²) in [4.78, 5) is 16.2. The lowest BCUT2D eigenvalue weighted by atomic mass is 9.66. The van der Waals surface area contributed by atoms with Crippen molar-refractivity contribution in [3.8, 4) is 0 Å². The van der Waals surface area contributed by atoms with Gasteiger partial charge < -0.3 is 4.90 Å². The Kier molecular flexibility index (Phi) is 5.77. The minimum Gasteiger partial charge on any atom is -0.307 e. The van der Waals surface area contributed by atoms with Crippen LogP contribution >= 0.6 is 0 Å². The predicted molar refractivity (Wildman–Crippen MR) is 146 cm³/mol. The first kappa shape index (κ1) is 24.9. The van der Waals surface area contributed by atoms with Crippen LogP contribution in [-0.2, 0) is 25.2 Å². The van der Waals surface area contributed by atoms with E-state index in [4.69, 9.17) is 4.78 Å². The molecule has 0 bridgehead atoms. The highest BCUT2D eigenvalue weighted by Gasteiger charge is 2.53. The number of carbonyl (C=O) groups excluding carboxylic acids is 1. The summed E-state index contributed by atoms with van der Waals surface area (Å²) < 4.78 is 48.5. The second kappa shape index (κ2) is 8.56. The Morgan fingerprint density at radius 2 is 1.65 bits per heavy atom. The van der Waals surface area contributed by atoms with Crippen LogP contribution < -0.4 is 9.62 Å². The maximum atomic E-state index is 13.9. The Bertz CT molecular complexity index is 1460. The Morgan fingerprint density at radius 1 is 0.973 bits per heavy atom. The molecule has 2 aromatic rings. The fourth-order valence-corrected chi connectivity index (χ4v) is 9.40. The Labute approximate surface area is 220 Å². The van der Waals surface area contributed by atoms with Crippen LogP contribution in [0.4, 0.5) is 11.4 Å². The third-order valence-electron chi connectivity index (χ3n) is 9.30. The van der Waals surface area contributed by atoms with Crippen LogP contribution in [0.25, 0.3) is 0 Å². The lowest BCUT2D eigenvalue weighted by Gasteiger charge is -2.38. The monoisotopic (exact) mass is 541 g/mol. The lowest BCUT2D eigenvalue weighted by Crippen LogP contribution is -2.40. The first-order valence-electron chi connectivity index (χ1n) is 13.3. The molecular weight excluding hydrogens is 506 g/mol. The molecule has 37 heavy (non-hydrogen) atoms. The van der Waals surface area contributed by atoms with Gasteiger partial charge in [-0.2, -0.15) is 0 Å². The van der Waals surface area contributed by atoms with Crippen LogP contribution in [0.3, 0.4) is 0 Å². The summed E-state index contributed by atoms with van der Waals surface area (Å²) in [7, 11) is -6.39. The molecule has 7 nitrogen and oxygen atoms in total. The Morgan fingerprint density at radius 3 is 2.30 bits per heavy atom. The number of amides is 1. The van der Waals surface area contributed by atoms with Gasteiger partial charge in [0.1, 0.15) is 0 Å². The van der Waals surface area contributed by atoms with Crippen molar-refractivity contribution in [3.63, 3.8) is 0 Å². The van der Waals surface area contributed by atoms with Gasteiger partial charge in [-0.25, -0.2) is 17.4 Å². The molecule has 9 heteroatoms. The summed E-state index contributed by atoms with van der Waals surface area (Å²) in [6.07, 6.45) is 11.6. The topological polar surface area (TPSA) is 107 Å². The molecule has 0 aromatic heterocycles. The van der Waals surface area contributed by atoms with Crippen LogP contribution in [0.1, 0.15) is 80.1 Å². The number of fused-ring (bicyclic) bond motifs is 2. The van der Waals surface area contributed by atoms with Crippen molar-refractivity contribution in [2.45, 2.75) is 79.8 Å². The van der Waals surface area contributed by atoms with Gasteiger partial charge in [-0.15, -0.1) is 0 Å². The quantitative estimate of drug-likeness (QED) is 0.509. The molecule has 2 aromatic carbocycles. The van der Waals surface area contributed by atoms with E-state index in [2.05, 4.69) is 4.72 Å². The normalized spacial score (nSPS) is 23.6. The fourth-order valence-electron chi connectivity index (χ4n) is 6.88. The first-order chi connectivity index (χ1) is 17.5. The second-order valence-electron chi connectivity index (χ2n) is 11.8. The van der Waals surface area contributed by atoms with Crippen molar-refractivity contribution < 1.29 is 17.4 Å². The maximum absolute atomic E-state index is 13.9. The highest BCUT2D eigenvalue weighted by molar-refractivity contribution is 7.93. The number of hydrogen-bond acceptors (Lipinski definition) is 5. The predicted octanol–water partition coefficient (Wildman–Crippen LogP) is 5.66. The third kappa shape index (κ3) is 4.48. The molecule has 3 fully saturated rings. The molecule has 0 unspecified atom stereocenters. The number of nitrogens with zero attached hydrogens (tertiary/aromatic N) is 1. The highest BCUT2D eigenvalue weighted by atomic mass is 32.2. The van der Waals surface area contributed by atoms with E-state index in [9.17, 15) is 17.4 Å². The van der Waals surface area contributed by atoms with Gasteiger partial charge in [0.15, 0.2) is 0 Å². The number of nitrogens with one attached hydrogen (secondary N) is 2. The van der Waals surface area contributed by atoms with Crippen LogP contribution in [0, 0.1) is 10.2 Å². The third-order valence-corrected chi connectivity index (χ3v) is 12.3. The standard InChI is InChI=1S/C28H35N3O4S2/c1-36(33,34)30-21-9-10-25-24(18-21)28(15-13-27(11-12-27)14-16-28)19-31(25)26(32)20-5-4-8-23(17-20)37(29,35)22-6-2-3-7-22/h4-5,8-10,17-18,22,29-30H,2-3,6-7,11-16,19H2,1H3/t37-/m1/s1. The Hall–Kier alpha value is -2.39. The number of anilines is 2. The van der Waals surface area contributed by atoms with E-state index in [1.165, 1.54) is 12.8 Å². The zero-order chi connectivity index (χ0) is 26.1. The number of hydrogen-bond donors (Lipinski definition) is 2. The molecule has 1 amide bonds. The average molecular weight is 542 g/mol. The van der Waals surface area contributed by atoms with Gasteiger partial charge in [0.2, 0.25) is 10.0 Å². The van der Waals surface area contributed by atoms with Gasteiger partial charge >= 0.3 is 0 Å². The van der Waals surface area contributed by atoms with Gasteiger partial charge in [0, 0.05) is 39.0 Å². The summed E-state index contributed by atoms with van der Waals surface area (Å²) in [5, 5.41) is -0.147. The molecule has 3 saturated carbocycles. The molecule has 3 aliphatic carbocycles. The molecule has 0 radical (unpaired) electrons. The number of benzene rings is 2. The van der Waals surface area contributed by atoms with Crippen LogP contribution in [-0.4, -0.2) is 36.6 Å². The molecule has 1 atom stereocenters. The number of rotatable bonds is 5.